The van der Waals surface area contributed by atoms with E-state index >= 15 is 0 Å². The molecule has 0 bridgehead atoms. The SMILES string of the molecule is COc1cc(OC)c(CCNCC=O)c(OC)c1. The molecule has 18 heavy (non-hydrogen) atoms. The van der Waals surface area contributed by atoms with Crippen LogP contribution in [0, 0.1) is 0 Å². The minimum Gasteiger partial charge on any atom is -0.496 e. The summed E-state index contributed by atoms with van der Waals surface area (Å²) < 4.78 is 15.8. The number of methoxy groups -OCH3 is 3. The van der Waals surface area contributed by atoms with Crippen LogP contribution in [0.25, 0.3) is 0 Å². The number of benzene rings is 1. The molecule has 5 heteroatoms. The lowest BCUT2D eigenvalue weighted by Gasteiger charge is -2.15. The molecule has 0 aliphatic rings. The lowest BCUT2D eigenvalue weighted by molar-refractivity contribution is -0.107. The molecular formula is C13H19NO4. The number of carbonyl (C=O) groups is 1. The smallest absolute Gasteiger partial charge is 0.133 e. The van der Waals surface area contributed by atoms with Gasteiger partial charge in [-0.25, -0.2) is 0 Å². The Balaban J connectivity index is 2.88. The minimum atomic E-state index is 0.348. The standard InChI is InChI=1S/C13H19NO4/c1-16-10-8-12(17-2)11(13(9-10)18-3)4-5-14-6-7-15/h7-9,14H,4-6H2,1-3H3. The van der Waals surface area contributed by atoms with E-state index in [9.17, 15) is 4.79 Å². The first-order valence-electron chi connectivity index (χ1n) is 5.70. The Hall–Kier alpha value is -1.75. The lowest BCUT2D eigenvalue weighted by atomic mass is 10.1. The second kappa shape index (κ2) is 7.55. The summed E-state index contributed by atoms with van der Waals surface area (Å²) in [4.78, 5) is 10.2. The van der Waals surface area contributed by atoms with E-state index in [2.05, 4.69) is 5.32 Å². The first kappa shape index (κ1) is 14.3. The topological polar surface area (TPSA) is 56.8 Å². The predicted molar refractivity (Wildman–Crippen MR) is 68.7 cm³/mol. The van der Waals surface area contributed by atoms with Crippen molar-refractivity contribution in [2.24, 2.45) is 0 Å². The van der Waals surface area contributed by atoms with Crippen molar-refractivity contribution in [3.05, 3.63) is 17.7 Å². The maximum Gasteiger partial charge on any atom is 0.133 e. The van der Waals surface area contributed by atoms with Crippen molar-refractivity contribution >= 4 is 6.29 Å². The van der Waals surface area contributed by atoms with Gasteiger partial charge in [0, 0.05) is 17.7 Å². The molecule has 0 fully saturated rings. The molecule has 0 saturated carbocycles. The monoisotopic (exact) mass is 253 g/mol. The van der Waals surface area contributed by atoms with Crippen LogP contribution < -0.4 is 19.5 Å². The third-order valence-electron chi connectivity index (χ3n) is 2.60. The van der Waals surface area contributed by atoms with Crippen LogP contribution in [-0.2, 0) is 11.2 Å². The molecule has 0 aromatic heterocycles. The summed E-state index contributed by atoms with van der Waals surface area (Å²) in [5, 5.41) is 3.00. The molecule has 5 nitrogen and oxygen atoms in total. The number of ether oxygens (including phenoxy) is 3. The van der Waals surface area contributed by atoms with Gasteiger partial charge in [-0.05, 0) is 13.0 Å². The Morgan fingerprint density at radius 2 is 1.72 bits per heavy atom. The van der Waals surface area contributed by atoms with E-state index in [1.165, 1.54) is 0 Å². The van der Waals surface area contributed by atoms with Gasteiger partial charge in [0.1, 0.15) is 23.5 Å². The molecule has 0 spiro atoms. The Morgan fingerprint density at radius 1 is 1.11 bits per heavy atom. The highest BCUT2D eigenvalue weighted by Crippen LogP contribution is 2.34. The summed E-state index contributed by atoms with van der Waals surface area (Å²) in [6, 6.07) is 3.63. The average Bonchev–Trinajstić information content (AvgIpc) is 2.42. The van der Waals surface area contributed by atoms with E-state index in [-0.39, 0.29) is 0 Å². The van der Waals surface area contributed by atoms with Crippen LogP contribution in [0.1, 0.15) is 5.56 Å². The molecular weight excluding hydrogens is 234 g/mol. The summed E-state index contributed by atoms with van der Waals surface area (Å²) in [5.41, 5.74) is 0.958. The molecule has 0 atom stereocenters. The zero-order valence-corrected chi connectivity index (χ0v) is 11.0. The van der Waals surface area contributed by atoms with Gasteiger partial charge in [0.15, 0.2) is 0 Å². The Morgan fingerprint density at radius 3 is 2.17 bits per heavy atom. The summed E-state index contributed by atoms with van der Waals surface area (Å²) in [5.74, 6) is 2.13. The van der Waals surface area contributed by atoms with Gasteiger partial charge in [-0.1, -0.05) is 0 Å². The normalized spacial score (nSPS) is 9.94. The van der Waals surface area contributed by atoms with Gasteiger partial charge >= 0.3 is 0 Å². The second-order valence-corrected chi connectivity index (χ2v) is 3.63. The predicted octanol–water partition coefficient (Wildman–Crippen LogP) is 1.04. The fourth-order valence-electron chi connectivity index (χ4n) is 1.70. The zero-order chi connectivity index (χ0) is 13.4. The van der Waals surface area contributed by atoms with E-state index in [1.807, 2.05) is 12.1 Å². The van der Waals surface area contributed by atoms with Gasteiger partial charge in [-0.2, -0.15) is 0 Å². The number of carbonyl (C=O) groups excluding carboxylic acids is 1. The Labute approximate surface area is 107 Å². The molecule has 1 rings (SSSR count). The van der Waals surface area contributed by atoms with Crippen molar-refractivity contribution in [2.75, 3.05) is 34.4 Å². The number of aldehydes is 1. The van der Waals surface area contributed by atoms with Gasteiger partial charge in [0.2, 0.25) is 0 Å². The quantitative estimate of drug-likeness (QED) is 0.554. The minimum absolute atomic E-state index is 0.348. The zero-order valence-electron chi connectivity index (χ0n) is 11.0. The van der Waals surface area contributed by atoms with Crippen molar-refractivity contribution < 1.29 is 19.0 Å². The second-order valence-electron chi connectivity index (χ2n) is 3.63. The summed E-state index contributed by atoms with van der Waals surface area (Å²) in [6.07, 6.45) is 1.55. The maximum absolute atomic E-state index is 10.2. The number of nitrogens with one attached hydrogen (secondary N) is 1. The fourth-order valence-corrected chi connectivity index (χ4v) is 1.70. The van der Waals surface area contributed by atoms with Crippen LogP contribution in [-0.4, -0.2) is 40.7 Å². The van der Waals surface area contributed by atoms with Crippen molar-refractivity contribution in [3.63, 3.8) is 0 Å². The molecule has 0 radical (unpaired) electrons. The third kappa shape index (κ3) is 3.63. The van der Waals surface area contributed by atoms with Gasteiger partial charge in [-0.15, -0.1) is 0 Å². The Bertz CT molecular complexity index is 368. The van der Waals surface area contributed by atoms with E-state index in [0.717, 1.165) is 23.3 Å². The van der Waals surface area contributed by atoms with Crippen LogP contribution in [0.3, 0.4) is 0 Å². The van der Waals surface area contributed by atoms with Gasteiger partial charge in [0.05, 0.1) is 27.9 Å². The first-order chi connectivity index (χ1) is 8.76. The highest BCUT2D eigenvalue weighted by molar-refractivity contribution is 5.52. The molecule has 0 aliphatic heterocycles. The summed E-state index contributed by atoms with van der Waals surface area (Å²) in [7, 11) is 4.81. The fraction of sp³-hybridized carbons (Fsp3) is 0.462. The van der Waals surface area contributed by atoms with Crippen molar-refractivity contribution in [1.82, 2.24) is 5.32 Å². The highest BCUT2D eigenvalue weighted by Gasteiger charge is 2.12. The third-order valence-corrected chi connectivity index (χ3v) is 2.60. The molecule has 1 aromatic rings. The van der Waals surface area contributed by atoms with Crippen molar-refractivity contribution in [2.45, 2.75) is 6.42 Å². The lowest BCUT2D eigenvalue weighted by Crippen LogP contribution is -2.19. The molecule has 1 aromatic carbocycles. The maximum atomic E-state index is 10.2. The van der Waals surface area contributed by atoms with E-state index in [1.54, 1.807) is 21.3 Å². The van der Waals surface area contributed by atoms with Crippen LogP contribution in [0.5, 0.6) is 17.2 Å². The number of rotatable bonds is 8. The van der Waals surface area contributed by atoms with Crippen LogP contribution in [0.2, 0.25) is 0 Å². The largest absolute Gasteiger partial charge is 0.496 e. The van der Waals surface area contributed by atoms with E-state index < -0.39 is 0 Å². The molecule has 0 saturated heterocycles. The average molecular weight is 253 g/mol. The molecule has 100 valence electrons. The molecule has 1 N–H and O–H groups in total. The van der Waals surface area contributed by atoms with Gasteiger partial charge < -0.3 is 24.3 Å². The van der Waals surface area contributed by atoms with E-state index in [0.29, 0.717) is 25.3 Å². The molecule has 0 aliphatic carbocycles. The molecule has 0 heterocycles. The van der Waals surface area contributed by atoms with Crippen LogP contribution in [0.15, 0.2) is 12.1 Å². The highest BCUT2D eigenvalue weighted by atomic mass is 16.5. The van der Waals surface area contributed by atoms with Crippen LogP contribution >= 0.6 is 0 Å². The number of hydrogen-bond donors (Lipinski definition) is 1. The van der Waals surface area contributed by atoms with E-state index in [4.69, 9.17) is 14.2 Å². The summed E-state index contributed by atoms with van der Waals surface area (Å²) >= 11 is 0. The van der Waals surface area contributed by atoms with Crippen molar-refractivity contribution in [1.29, 1.82) is 0 Å². The molecule has 0 amide bonds. The van der Waals surface area contributed by atoms with Crippen LogP contribution in [0.4, 0.5) is 0 Å². The first-order valence-corrected chi connectivity index (χ1v) is 5.70. The van der Waals surface area contributed by atoms with Gasteiger partial charge in [0.25, 0.3) is 0 Å². The van der Waals surface area contributed by atoms with Gasteiger partial charge in [-0.3, -0.25) is 0 Å². The molecule has 0 unspecified atom stereocenters. The van der Waals surface area contributed by atoms with Crippen molar-refractivity contribution in [3.8, 4) is 17.2 Å². The number of hydrogen-bond acceptors (Lipinski definition) is 5. The Kier molecular flexibility index (Phi) is 6.00. The summed E-state index contributed by atoms with van der Waals surface area (Å²) in [6.45, 7) is 1.03.